The zero-order chi connectivity index (χ0) is 18.5. The number of benzene rings is 2. The van der Waals surface area contributed by atoms with Crippen molar-refractivity contribution >= 4 is 17.6 Å². The summed E-state index contributed by atoms with van der Waals surface area (Å²) in [5.41, 5.74) is 2.52. The van der Waals surface area contributed by atoms with Crippen molar-refractivity contribution < 1.29 is 14.3 Å². The second-order valence-electron chi connectivity index (χ2n) is 6.98. The molecule has 0 unspecified atom stereocenters. The number of hydrogen-bond donors (Lipinski definition) is 0. The second kappa shape index (κ2) is 8.17. The monoisotopic (exact) mass is 351 g/mol. The number of anilines is 1. The lowest BCUT2D eigenvalue weighted by atomic mass is 9.89. The average Bonchev–Trinajstić information content (AvgIpc) is 2.69. The normalized spacial score (nSPS) is 14.7. The highest BCUT2D eigenvalue weighted by molar-refractivity contribution is 6.05. The van der Waals surface area contributed by atoms with Crippen LogP contribution < -0.4 is 9.64 Å². The molecule has 0 radical (unpaired) electrons. The Morgan fingerprint density at radius 1 is 0.923 bits per heavy atom. The van der Waals surface area contributed by atoms with Crippen LogP contribution in [0, 0.1) is 12.8 Å². The molecule has 2 aromatic rings. The molecule has 1 fully saturated rings. The van der Waals surface area contributed by atoms with Crippen molar-refractivity contribution in [3.63, 3.8) is 0 Å². The summed E-state index contributed by atoms with van der Waals surface area (Å²) >= 11 is 0. The molecular formula is C22H25NO3. The largest absolute Gasteiger partial charge is 0.426 e. The summed E-state index contributed by atoms with van der Waals surface area (Å²) in [5, 5.41) is 0. The maximum Gasteiger partial charge on any atom is 0.314 e. The molecule has 1 aliphatic rings. The van der Waals surface area contributed by atoms with Crippen LogP contribution in [-0.2, 0) is 4.79 Å². The van der Waals surface area contributed by atoms with Crippen molar-refractivity contribution in [2.45, 2.75) is 39.0 Å². The van der Waals surface area contributed by atoms with E-state index in [-0.39, 0.29) is 17.8 Å². The van der Waals surface area contributed by atoms with Crippen LogP contribution in [-0.4, -0.2) is 18.9 Å². The molecule has 0 bridgehead atoms. The molecule has 26 heavy (non-hydrogen) atoms. The molecule has 1 aliphatic carbocycles. The predicted molar refractivity (Wildman–Crippen MR) is 103 cm³/mol. The molecule has 0 N–H and O–H groups in total. The van der Waals surface area contributed by atoms with Crippen LogP contribution in [0.1, 0.15) is 48.0 Å². The summed E-state index contributed by atoms with van der Waals surface area (Å²) in [5.74, 6) is 0.341. The second-order valence-corrected chi connectivity index (χ2v) is 6.98. The van der Waals surface area contributed by atoms with Crippen molar-refractivity contribution in [1.82, 2.24) is 0 Å². The number of aryl methyl sites for hydroxylation is 1. The molecule has 1 saturated carbocycles. The smallest absolute Gasteiger partial charge is 0.314 e. The predicted octanol–water partition coefficient (Wildman–Crippen LogP) is 4.76. The van der Waals surface area contributed by atoms with Crippen LogP contribution in [0.25, 0.3) is 0 Å². The first-order chi connectivity index (χ1) is 12.5. The van der Waals surface area contributed by atoms with Gasteiger partial charge in [0.1, 0.15) is 5.75 Å². The third kappa shape index (κ3) is 4.31. The minimum atomic E-state index is -0.137. The summed E-state index contributed by atoms with van der Waals surface area (Å²) in [7, 11) is 1.74. The summed E-state index contributed by atoms with van der Waals surface area (Å²) in [6.45, 7) is 1.99. The summed E-state index contributed by atoms with van der Waals surface area (Å²) < 4.78 is 5.50. The number of ether oxygens (including phenoxy) is 1. The van der Waals surface area contributed by atoms with Crippen molar-refractivity contribution in [3.8, 4) is 5.75 Å². The molecular weight excluding hydrogens is 326 g/mol. The quantitative estimate of drug-likeness (QED) is 0.589. The van der Waals surface area contributed by atoms with E-state index in [1.54, 1.807) is 36.2 Å². The molecule has 2 aromatic carbocycles. The van der Waals surface area contributed by atoms with Crippen molar-refractivity contribution in [2.24, 2.45) is 5.92 Å². The Morgan fingerprint density at radius 2 is 1.54 bits per heavy atom. The van der Waals surface area contributed by atoms with E-state index in [9.17, 15) is 9.59 Å². The van der Waals surface area contributed by atoms with Gasteiger partial charge in [-0.3, -0.25) is 9.59 Å². The Balaban J connectivity index is 1.63. The molecule has 0 aliphatic heterocycles. The first kappa shape index (κ1) is 18.2. The molecule has 0 aromatic heterocycles. The molecule has 0 spiro atoms. The number of carbonyl (C=O) groups excluding carboxylic acids is 2. The van der Waals surface area contributed by atoms with Gasteiger partial charge >= 0.3 is 5.97 Å². The van der Waals surface area contributed by atoms with Crippen LogP contribution in [0.5, 0.6) is 5.75 Å². The van der Waals surface area contributed by atoms with Crippen LogP contribution in [0.3, 0.4) is 0 Å². The topological polar surface area (TPSA) is 46.6 Å². The molecule has 0 atom stereocenters. The lowest BCUT2D eigenvalue weighted by Gasteiger charge is -2.20. The van der Waals surface area contributed by atoms with Gasteiger partial charge in [-0.15, -0.1) is 0 Å². The lowest BCUT2D eigenvalue weighted by molar-refractivity contribution is -0.139. The van der Waals surface area contributed by atoms with E-state index in [2.05, 4.69) is 0 Å². The minimum Gasteiger partial charge on any atom is -0.426 e. The Bertz CT molecular complexity index is 759. The number of esters is 1. The summed E-state index contributed by atoms with van der Waals surface area (Å²) in [6, 6.07) is 14.6. The van der Waals surface area contributed by atoms with E-state index >= 15 is 0 Å². The number of amides is 1. The molecule has 4 heteroatoms. The fourth-order valence-electron chi connectivity index (χ4n) is 3.28. The molecule has 136 valence electrons. The average molecular weight is 351 g/mol. The van der Waals surface area contributed by atoms with Crippen LogP contribution in [0.15, 0.2) is 48.5 Å². The van der Waals surface area contributed by atoms with Crippen molar-refractivity contribution in [2.75, 3.05) is 11.9 Å². The third-order valence-electron chi connectivity index (χ3n) is 4.98. The zero-order valence-electron chi connectivity index (χ0n) is 15.4. The summed E-state index contributed by atoms with van der Waals surface area (Å²) in [4.78, 5) is 26.4. The van der Waals surface area contributed by atoms with Crippen molar-refractivity contribution in [1.29, 1.82) is 0 Å². The van der Waals surface area contributed by atoms with Gasteiger partial charge in [-0.25, -0.2) is 0 Å². The highest BCUT2D eigenvalue weighted by atomic mass is 16.5. The third-order valence-corrected chi connectivity index (χ3v) is 4.98. The van der Waals surface area contributed by atoms with Gasteiger partial charge in [-0.05, 0) is 56.2 Å². The molecule has 0 heterocycles. The zero-order valence-corrected chi connectivity index (χ0v) is 15.4. The summed E-state index contributed by atoms with van der Waals surface area (Å²) in [6.07, 6.45) is 5.25. The van der Waals surface area contributed by atoms with Crippen LogP contribution in [0.2, 0.25) is 0 Å². The van der Waals surface area contributed by atoms with E-state index in [1.807, 2.05) is 31.2 Å². The van der Waals surface area contributed by atoms with Gasteiger partial charge in [-0.1, -0.05) is 37.0 Å². The molecule has 1 amide bonds. The van der Waals surface area contributed by atoms with Gasteiger partial charge in [0.25, 0.3) is 5.91 Å². The van der Waals surface area contributed by atoms with Crippen LogP contribution >= 0.6 is 0 Å². The van der Waals surface area contributed by atoms with Gasteiger partial charge in [0, 0.05) is 18.3 Å². The standard InChI is InChI=1S/C22H25NO3/c1-16-8-10-17(11-9-16)21(24)23(2)19-12-14-20(15-13-19)26-22(25)18-6-4-3-5-7-18/h8-15,18H,3-7H2,1-2H3. The van der Waals surface area contributed by atoms with Gasteiger partial charge in [0.2, 0.25) is 0 Å². The number of hydrogen-bond acceptors (Lipinski definition) is 3. The van der Waals surface area contributed by atoms with Crippen molar-refractivity contribution in [3.05, 3.63) is 59.7 Å². The first-order valence-electron chi connectivity index (χ1n) is 9.21. The van der Waals surface area contributed by atoms with Gasteiger partial charge in [0.05, 0.1) is 5.92 Å². The highest BCUT2D eigenvalue weighted by Crippen LogP contribution is 2.26. The fourth-order valence-corrected chi connectivity index (χ4v) is 3.28. The Hall–Kier alpha value is -2.62. The lowest BCUT2D eigenvalue weighted by Crippen LogP contribution is -2.26. The Kier molecular flexibility index (Phi) is 5.71. The minimum absolute atomic E-state index is 0.0224. The maximum absolute atomic E-state index is 12.6. The van der Waals surface area contributed by atoms with E-state index in [0.29, 0.717) is 11.3 Å². The number of carbonyl (C=O) groups is 2. The first-order valence-corrected chi connectivity index (χ1v) is 9.21. The van der Waals surface area contributed by atoms with Gasteiger partial charge in [-0.2, -0.15) is 0 Å². The van der Waals surface area contributed by atoms with Gasteiger partial charge in [0.15, 0.2) is 0 Å². The van der Waals surface area contributed by atoms with E-state index in [4.69, 9.17) is 4.74 Å². The van der Waals surface area contributed by atoms with Gasteiger partial charge < -0.3 is 9.64 Å². The molecule has 3 rings (SSSR count). The number of nitrogens with zero attached hydrogens (tertiary/aromatic N) is 1. The molecule has 0 saturated heterocycles. The van der Waals surface area contributed by atoms with E-state index in [1.165, 1.54) is 6.42 Å². The Morgan fingerprint density at radius 3 is 2.15 bits per heavy atom. The van der Waals surface area contributed by atoms with E-state index in [0.717, 1.165) is 36.9 Å². The number of rotatable bonds is 4. The highest BCUT2D eigenvalue weighted by Gasteiger charge is 2.23. The SMILES string of the molecule is Cc1ccc(C(=O)N(C)c2ccc(OC(=O)C3CCCCC3)cc2)cc1. The Labute approximate surface area is 154 Å². The fraction of sp³-hybridized carbons (Fsp3) is 0.364. The van der Waals surface area contributed by atoms with E-state index < -0.39 is 0 Å². The maximum atomic E-state index is 12.6. The molecule has 4 nitrogen and oxygen atoms in total. The van der Waals surface area contributed by atoms with Crippen LogP contribution in [0.4, 0.5) is 5.69 Å².